The van der Waals surface area contributed by atoms with Gasteiger partial charge in [-0.1, -0.05) is 6.07 Å². The van der Waals surface area contributed by atoms with Crippen molar-refractivity contribution in [3.63, 3.8) is 0 Å². The minimum absolute atomic E-state index is 0.0199. The van der Waals surface area contributed by atoms with Crippen molar-refractivity contribution >= 4 is 11.8 Å². The number of halogens is 3. The van der Waals surface area contributed by atoms with Crippen molar-refractivity contribution < 1.29 is 27.5 Å². The highest BCUT2D eigenvalue weighted by molar-refractivity contribution is 5.94. The third-order valence-corrected chi connectivity index (χ3v) is 5.69. The van der Waals surface area contributed by atoms with Gasteiger partial charge in [0, 0.05) is 50.7 Å². The SMILES string of the molecule is O=C(c1ccc(=O)n(-c2cccc(C(F)(F)F)c2)c1)N1CCN(C(=O)C2CCCO2)CC1. The molecule has 2 amide bonds. The van der Waals surface area contributed by atoms with Crippen LogP contribution in [0.3, 0.4) is 0 Å². The lowest BCUT2D eigenvalue weighted by Crippen LogP contribution is -2.52. The first-order chi connectivity index (χ1) is 15.2. The van der Waals surface area contributed by atoms with Crippen molar-refractivity contribution in [2.75, 3.05) is 32.8 Å². The third kappa shape index (κ3) is 4.55. The summed E-state index contributed by atoms with van der Waals surface area (Å²) >= 11 is 0. The predicted molar refractivity (Wildman–Crippen MR) is 108 cm³/mol. The Balaban J connectivity index is 1.49. The van der Waals surface area contributed by atoms with Crippen LogP contribution in [0.5, 0.6) is 0 Å². The number of hydrogen-bond donors (Lipinski definition) is 0. The zero-order valence-corrected chi connectivity index (χ0v) is 17.2. The van der Waals surface area contributed by atoms with Gasteiger partial charge in [0.2, 0.25) is 0 Å². The van der Waals surface area contributed by atoms with E-state index in [1.807, 2.05) is 0 Å². The van der Waals surface area contributed by atoms with Gasteiger partial charge in [0.05, 0.1) is 11.1 Å². The molecule has 1 unspecified atom stereocenters. The van der Waals surface area contributed by atoms with Gasteiger partial charge in [0.15, 0.2) is 0 Å². The molecule has 2 fully saturated rings. The fraction of sp³-hybridized carbons (Fsp3) is 0.409. The van der Waals surface area contributed by atoms with Crippen molar-refractivity contribution in [3.05, 3.63) is 64.1 Å². The average molecular weight is 449 g/mol. The highest BCUT2D eigenvalue weighted by Gasteiger charge is 2.32. The maximum atomic E-state index is 13.0. The van der Waals surface area contributed by atoms with E-state index in [4.69, 9.17) is 4.74 Å². The van der Waals surface area contributed by atoms with Crippen molar-refractivity contribution in [2.45, 2.75) is 25.1 Å². The van der Waals surface area contributed by atoms with Crippen LogP contribution in [-0.2, 0) is 15.7 Å². The van der Waals surface area contributed by atoms with Crippen LogP contribution in [-0.4, -0.2) is 65.1 Å². The Morgan fingerprint density at radius 2 is 1.72 bits per heavy atom. The zero-order valence-electron chi connectivity index (χ0n) is 17.2. The Morgan fingerprint density at radius 1 is 1.00 bits per heavy atom. The molecule has 0 N–H and O–H groups in total. The molecular weight excluding hydrogens is 427 g/mol. The molecular formula is C22H22F3N3O4. The van der Waals surface area contributed by atoms with Crippen LogP contribution < -0.4 is 5.56 Å². The van der Waals surface area contributed by atoms with Crippen molar-refractivity contribution in [3.8, 4) is 5.69 Å². The highest BCUT2D eigenvalue weighted by Crippen LogP contribution is 2.30. The van der Waals surface area contributed by atoms with E-state index >= 15 is 0 Å². The number of nitrogens with zero attached hydrogens (tertiary/aromatic N) is 3. The largest absolute Gasteiger partial charge is 0.416 e. The number of piperazine rings is 1. The quantitative estimate of drug-likeness (QED) is 0.721. The number of carbonyl (C=O) groups is 2. The summed E-state index contributed by atoms with van der Waals surface area (Å²) in [6, 6.07) is 6.89. The summed E-state index contributed by atoms with van der Waals surface area (Å²) < 4.78 is 45.6. The Hall–Kier alpha value is -3.14. The number of ether oxygens (including phenoxy) is 1. The Bertz CT molecular complexity index is 1070. The lowest BCUT2D eigenvalue weighted by molar-refractivity contribution is -0.142. The maximum Gasteiger partial charge on any atom is 0.416 e. The molecule has 2 aliphatic rings. The molecule has 1 atom stereocenters. The molecule has 32 heavy (non-hydrogen) atoms. The number of amides is 2. The van der Waals surface area contributed by atoms with Gasteiger partial charge >= 0.3 is 6.18 Å². The smallest absolute Gasteiger partial charge is 0.368 e. The van der Waals surface area contributed by atoms with Crippen molar-refractivity contribution in [2.24, 2.45) is 0 Å². The molecule has 2 saturated heterocycles. The van der Waals surface area contributed by atoms with E-state index < -0.39 is 23.4 Å². The predicted octanol–water partition coefficient (Wildman–Crippen LogP) is 2.32. The monoisotopic (exact) mass is 449 g/mol. The molecule has 4 rings (SSSR count). The summed E-state index contributed by atoms with van der Waals surface area (Å²) in [5, 5.41) is 0. The number of alkyl halides is 3. The molecule has 2 aromatic rings. The molecule has 2 aliphatic heterocycles. The first kappa shape index (κ1) is 22.1. The average Bonchev–Trinajstić information content (AvgIpc) is 3.33. The lowest BCUT2D eigenvalue weighted by Gasteiger charge is -2.35. The standard InChI is InChI=1S/C22H22F3N3O4/c23-22(24,25)16-3-1-4-17(13-16)28-14-15(6-7-19(28)29)20(30)26-8-10-27(11-9-26)21(31)18-5-2-12-32-18/h1,3-4,6-7,13-14,18H,2,5,8-12H2. The van der Waals surface area contributed by atoms with Gasteiger partial charge in [-0.15, -0.1) is 0 Å². The number of benzene rings is 1. The molecule has 0 spiro atoms. The van der Waals surface area contributed by atoms with Crippen LogP contribution in [0, 0.1) is 0 Å². The van der Waals surface area contributed by atoms with Crippen LogP contribution in [0.1, 0.15) is 28.8 Å². The molecule has 1 aromatic carbocycles. The van der Waals surface area contributed by atoms with Crippen LogP contribution in [0.15, 0.2) is 47.4 Å². The second kappa shape index (κ2) is 8.78. The van der Waals surface area contributed by atoms with Gasteiger partial charge in [-0.3, -0.25) is 19.0 Å². The number of rotatable bonds is 3. The first-order valence-corrected chi connectivity index (χ1v) is 10.3. The van der Waals surface area contributed by atoms with Gasteiger partial charge in [0.1, 0.15) is 6.10 Å². The van der Waals surface area contributed by atoms with Gasteiger partial charge in [0.25, 0.3) is 17.4 Å². The molecule has 0 bridgehead atoms. The molecule has 7 nitrogen and oxygen atoms in total. The number of pyridine rings is 1. The first-order valence-electron chi connectivity index (χ1n) is 10.3. The molecule has 0 saturated carbocycles. The van der Waals surface area contributed by atoms with Crippen molar-refractivity contribution in [1.29, 1.82) is 0 Å². The van der Waals surface area contributed by atoms with Gasteiger partial charge < -0.3 is 14.5 Å². The van der Waals surface area contributed by atoms with Crippen LogP contribution >= 0.6 is 0 Å². The summed E-state index contributed by atoms with van der Waals surface area (Å²) in [4.78, 5) is 40.9. The number of carbonyl (C=O) groups excluding carboxylic acids is 2. The third-order valence-electron chi connectivity index (χ3n) is 5.69. The fourth-order valence-corrected chi connectivity index (χ4v) is 3.94. The van der Waals surface area contributed by atoms with Gasteiger partial charge in [-0.05, 0) is 37.1 Å². The Labute approximate surface area is 182 Å². The van der Waals surface area contributed by atoms with E-state index in [1.54, 1.807) is 9.80 Å². The van der Waals surface area contributed by atoms with Crippen LogP contribution in [0.25, 0.3) is 5.69 Å². The number of hydrogen-bond acceptors (Lipinski definition) is 4. The topological polar surface area (TPSA) is 71.9 Å². The van der Waals surface area contributed by atoms with Crippen LogP contribution in [0.2, 0.25) is 0 Å². The fourth-order valence-electron chi connectivity index (χ4n) is 3.94. The highest BCUT2D eigenvalue weighted by atomic mass is 19.4. The molecule has 1 aromatic heterocycles. The van der Waals surface area contributed by atoms with E-state index in [2.05, 4.69) is 0 Å². The molecule has 0 aliphatic carbocycles. The second-order valence-corrected chi connectivity index (χ2v) is 7.79. The van der Waals surface area contributed by atoms with Gasteiger partial charge in [-0.2, -0.15) is 13.2 Å². The minimum Gasteiger partial charge on any atom is -0.368 e. The van der Waals surface area contributed by atoms with Gasteiger partial charge in [-0.25, -0.2) is 0 Å². The second-order valence-electron chi connectivity index (χ2n) is 7.79. The normalized spacial score (nSPS) is 19.3. The summed E-state index contributed by atoms with van der Waals surface area (Å²) in [7, 11) is 0. The Kier molecular flexibility index (Phi) is 6.05. The molecule has 10 heteroatoms. The molecule has 0 radical (unpaired) electrons. The molecule has 3 heterocycles. The minimum atomic E-state index is -4.55. The maximum absolute atomic E-state index is 13.0. The van der Waals surface area contributed by atoms with E-state index in [9.17, 15) is 27.6 Å². The zero-order chi connectivity index (χ0) is 22.9. The van der Waals surface area contributed by atoms with E-state index in [-0.39, 0.29) is 23.1 Å². The summed E-state index contributed by atoms with van der Waals surface area (Å²) in [6.07, 6.45) is -2.14. The lowest BCUT2D eigenvalue weighted by atomic mass is 10.1. The summed E-state index contributed by atoms with van der Waals surface area (Å²) in [6.45, 7) is 1.96. The van der Waals surface area contributed by atoms with E-state index in [1.165, 1.54) is 24.4 Å². The van der Waals surface area contributed by atoms with Crippen LogP contribution in [0.4, 0.5) is 13.2 Å². The summed E-state index contributed by atoms with van der Waals surface area (Å²) in [5.74, 6) is -0.414. The molecule has 170 valence electrons. The number of aromatic nitrogens is 1. The van der Waals surface area contributed by atoms with E-state index in [0.29, 0.717) is 39.2 Å². The van der Waals surface area contributed by atoms with Crippen molar-refractivity contribution in [1.82, 2.24) is 14.4 Å². The summed E-state index contributed by atoms with van der Waals surface area (Å²) in [5.41, 5.74) is -1.23. The van der Waals surface area contributed by atoms with E-state index in [0.717, 1.165) is 29.2 Å². The Morgan fingerprint density at radius 3 is 2.38 bits per heavy atom.